The van der Waals surface area contributed by atoms with Gasteiger partial charge in [0.15, 0.2) is 0 Å². The van der Waals surface area contributed by atoms with Crippen LogP contribution in [0, 0.1) is 0 Å². The summed E-state index contributed by atoms with van der Waals surface area (Å²) in [6, 6.07) is 8.41. The van der Waals surface area contributed by atoms with Crippen LogP contribution >= 0.6 is 22.9 Å². The van der Waals surface area contributed by atoms with Gasteiger partial charge < -0.3 is 10.2 Å². The second-order valence-electron chi connectivity index (χ2n) is 6.13. The molecule has 1 aliphatic carbocycles. The van der Waals surface area contributed by atoms with E-state index in [1.807, 2.05) is 29.2 Å². The van der Waals surface area contributed by atoms with Crippen molar-refractivity contribution in [1.82, 2.24) is 15.1 Å². The van der Waals surface area contributed by atoms with Crippen LogP contribution in [0.2, 0.25) is 5.02 Å². The van der Waals surface area contributed by atoms with Crippen molar-refractivity contribution in [2.45, 2.75) is 37.8 Å². The maximum atomic E-state index is 12.0. The molecule has 1 aromatic carbocycles. The summed E-state index contributed by atoms with van der Waals surface area (Å²) < 4.78 is 0. The number of amides is 1. The summed E-state index contributed by atoms with van der Waals surface area (Å²) in [5, 5.41) is 14.3. The molecule has 23 heavy (non-hydrogen) atoms. The third kappa shape index (κ3) is 3.48. The zero-order valence-electron chi connectivity index (χ0n) is 12.5. The number of rotatable bonds is 5. The number of nitrogens with one attached hydrogen (secondary N) is 1. The van der Waals surface area contributed by atoms with E-state index in [4.69, 9.17) is 11.6 Å². The highest BCUT2D eigenvalue weighted by Crippen LogP contribution is 2.31. The molecule has 1 N–H and O–H groups in total. The maximum Gasteiger partial charge on any atom is 0.225 e. The fourth-order valence-corrected chi connectivity index (χ4v) is 3.88. The first-order valence-electron chi connectivity index (χ1n) is 7.80. The zero-order valence-corrected chi connectivity index (χ0v) is 14.1. The number of likely N-dealkylation sites (tertiary alicyclic amines) is 1. The molecule has 4 rings (SSSR count). The molecule has 1 unspecified atom stereocenters. The Balaban J connectivity index is 1.36. The summed E-state index contributed by atoms with van der Waals surface area (Å²) in [5.41, 5.74) is 1.16. The van der Waals surface area contributed by atoms with E-state index in [9.17, 15) is 4.79 Å². The molecule has 7 heteroatoms. The van der Waals surface area contributed by atoms with Gasteiger partial charge in [0.25, 0.3) is 0 Å². The lowest BCUT2D eigenvalue weighted by atomic mass is 10.2. The quantitative estimate of drug-likeness (QED) is 0.902. The summed E-state index contributed by atoms with van der Waals surface area (Å²) in [5.74, 6) is 0.260. The minimum atomic E-state index is 0.152. The van der Waals surface area contributed by atoms with E-state index in [0.29, 0.717) is 12.5 Å². The van der Waals surface area contributed by atoms with E-state index in [-0.39, 0.29) is 11.9 Å². The van der Waals surface area contributed by atoms with Crippen LogP contribution in [-0.4, -0.2) is 39.6 Å². The van der Waals surface area contributed by atoms with Gasteiger partial charge in [0.05, 0.1) is 6.04 Å². The minimum Gasteiger partial charge on any atom is -0.355 e. The van der Waals surface area contributed by atoms with Crippen LogP contribution in [0.3, 0.4) is 0 Å². The molecule has 0 spiro atoms. The zero-order chi connectivity index (χ0) is 15.8. The van der Waals surface area contributed by atoms with Crippen molar-refractivity contribution in [3.8, 4) is 0 Å². The lowest BCUT2D eigenvalue weighted by Crippen LogP contribution is -2.29. The molecule has 1 aliphatic heterocycles. The average Bonchev–Trinajstić information content (AvgIpc) is 3.18. The predicted octanol–water partition coefficient (Wildman–Crippen LogP) is 2.96. The normalized spacial score (nSPS) is 21.0. The summed E-state index contributed by atoms with van der Waals surface area (Å²) >= 11 is 7.45. The third-order valence-electron chi connectivity index (χ3n) is 4.21. The standard InChI is InChI=1S/C16H17ClN4OS/c17-11-3-1-10(2-4-11)7-14-19-20-16(23-14)18-12-8-15(22)21(9-12)13-5-6-13/h1-4,12-13H,5-9H2,(H,18,20). The van der Waals surface area contributed by atoms with Crippen molar-refractivity contribution in [3.05, 3.63) is 39.9 Å². The number of halogens is 1. The SMILES string of the molecule is O=C1CC(Nc2nnc(Cc3ccc(Cl)cc3)s2)CN1C1CC1. The Morgan fingerprint density at radius 1 is 1.26 bits per heavy atom. The Morgan fingerprint density at radius 2 is 2.04 bits per heavy atom. The van der Waals surface area contributed by atoms with Crippen LogP contribution in [0.5, 0.6) is 0 Å². The second kappa shape index (κ2) is 6.09. The number of aromatic nitrogens is 2. The molecule has 120 valence electrons. The topological polar surface area (TPSA) is 58.1 Å². The summed E-state index contributed by atoms with van der Waals surface area (Å²) in [6.45, 7) is 0.787. The highest BCUT2D eigenvalue weighted by molar-refractivity contribution is 7.15. The van der Waals surface area contributed by atoms with E-state index >= 15 is 0 Å². The Morgan fingerprint density at radius 3 is 2.78 bits per heavy atom. The Hall–Kier alpha value is -1.66. The molecule has 2 aliphatic rings. The number of carbonyl (C=O) groups is 1. The number of carbonyl (C=O) groups excluding carboxylic acids is 1. The van der Waals surface area contributed by atoms with E-state index in [2.05, 4.69) is 15.5 Å². The number of hydrogen-bond donors (Lipinski definition) is 1. The van der Waals surface area contributed by atoms with Gasteiger partial charge in [0, 0.05) is 30.5 Å². The molecule has 0 bridgehead atoms. The fraction of sp³-hybridized carbons (Fsp3) is 0.438. The first-order valence-corrected chi connectivity index (χ1v) is 8.99. The van der Waals surface area contributed by atoms with E-state index in [1.54, 1.807) is 11.3 Å². The van der Waals surface area contributed by atoms with Crippen LogP contribution in [0.15, 0.2) is 24.3 Å². The molecule has 0 radical (unpaired) electrons. The highest BCUT2D eigenvalue weighted by Gasteiger charge is 2.39. The van der Waals surface area contributed by atoms with E-state index in [0.717, 1.165) is 46.5 Å². The van der Waals surface area contributed by atoms with Crippen LogP contribution in [0.4, 0.5) is 5.13 Å². The van der Waals surface area contributed by atoms with Crippen molar-refractivity contribution in [2.24, 2.45) is 0 Å². The van der Waals surface area contributed by atoms with Gasteiger partial charge in [-0.1, -0.05) is 35.1 Å². The van der Waals surface area contributed by atoms with Gasteiger partial charge in [-0.05, 0) is 30.5 Å². The molecule has 1 saturated heterocycles. The van der Waals surface area contributed by atoms with Crippen LogP contribution in [0.1, 0.15) is 29.8 Å². The van der Waals surface area contributed by atoms with Crippen molar-refractivity contribution in [1.29, 1.82) is 0 Å². The molecule has 5 nitrogen and oxygen atoms in total. The molecule has 2 aromatic rings. The number of nitrogens with zero attached hydrogens (tertiary/aromatic N) is 3. The van der Waals surface area contributed by atoms with Gasteiger partial charge in [-0.3, -0.25) is 4.79 Å². The average molecular weight is 349 g/mol. The number of hydrogen-bond acceptors (Lipinski definition) is 5. The lowest BCUT2D eigenvalue weighted by Gasteiger charge is -2.15. The maximum absolute atomic E-state index is 12.0. The van der Waals surface area contributed by atoms with Crippen LogP contribution < -0.4 is 5.32 Å². The van der Waals surface area contributed by atoms with Gasteiger partial charge >= 0.3 is 0 Å². The molecule has 2 fully saturated rings. The van der Waals surface area contributed by atoms with Crippen molar-refractivity contribution in [3.63, 3.8) is 0 Å². The molecule has 1 amide bonds. The molecule has 1 aromatic heterocycles. The summed E-state index contributed by atoms with van der Waals surface area (Å²) in [7, 11) is 0. The summed E-state index contributed by atoms with van der Waals surface area (Å²) in [6.07, 6.45) is 3.61. The predicted molar refractivity (Wildman–Crippen MR) is 90.9 cm³/mol. The Labute approximate surface area is 143 Å². The van der Waals surface area contributed by atoms with Gasteiger partial charge in [-0.2, -0.15) is 0 Å². The van der Waals surface area contributed by atoms with E-state index in [1.165, 1.54) is 0 Å². The highest BCUT2D eigenvalue weighted by atomic mass is 35.5. The molecule has 1 saturated carbocycles. The number of anilines is 1. The van der Waals surface area contributed by atoms with Crippen LogP contribution in [-0.2, 0) is 11.2 Å². The Bertz CT molecular complexity index is 713. The molecular weight excluding hydrogens is 332 g/mol. The largest absolute Gasteiger partial charge is 0.355 e. The molecule has 1 atom stereocenters. The Kier molecular flexibility index (Phi) is 3.95. The number of benzene rings is 1. The van der Waals surface area contributed by atoms with Gasteiger partial charge in [-0.15, -0.1) is 10.2 Å². The fourth-order valence-electron chi connectivity index (χ4n) is 2.90. The van der Waals surface area contributed by atoms with Gasteiger partial charge in [-0.25, -0.2) is 0 Å². The van der Waals surface area contributed by atoms with Crippen molar-refractivity contribution < 1.29 is 4.79 Å². The van der Waals surface area contributed by atoms with Crippen molar-refractivity contribution >= 4 is 34.0 Å². The van der Waals surface area contributed by atoms with Crippen LogP contribution in [0.25, 0.3) is 0 Å². The van der Waals surface area contributed by atoms with E-state index < -0.39 is 0 Å². The van der Waals surface area contributed by atoms with Gasteiger partial charge in [0.2, 0.25) is 11.0 Å². The molecule has 2 heterocycles. The monoisotopic (exact) mass is 348 g/mol. The molecular formula is C16H17ClN4OS. The van der Waals surface area contributed by atoms with Gasteiger partial charge in [0.1, 0.15) is 5.01 Å². The summed E-state index contributed by atoms with van der Waals surface area (Å²) in [4.78, 5) is 14.0. The first kappa shape index (κ1) is 14.9. The second-order valence-corrected chi connectivity index (χ2v) is 7.63. The third-order valence-corrected chi connectivity index (χ3v) is 5.32. The minimum absolute atomic E-state index is 0.152. The lowest BCUT2D eigenvalue weighted by molar-refractivity contribution is -0.128. The van der Waals surface area contributed by atoms with Crippen molar-refractivity contribution in [2.75, 3.05) is 11.9 Å². The smallest absolute Gasteiger partial charge is 0.225 e. The first-order chi connectivity index (χ1) is 11.2.